The Bertz CT molecular complexity index is 1010. The minimum Gasteiger partial charge on any atom is -0.369 e. The minimum atomic E-state index is -0.405. The Morgan fingerprint density at radius 1 is 1.22 bits per heavy atom. The van der Waals surface area contributed by atoms with E-state index in [2.05, 4.69) is 14.6 Å². The Morgan fingerprint density at radius 2 is 2.00 bits per heavy atom. The van der Waals surface area contributed by atoms with Crippen molar-refractivity contribution in [3.63, 3.8) is 0 Å². The third-order valence-electron chi connectivity index (χ3n) is 4.85. The number of benzene rings is 1. The molecule has 27 heavy (non-hydrogen) atoms. The molecular weight excluding hydrogens is 362 g/mol. The third-order valence-corrected chi connectivity index (χ3v) is 5.96. The second-order valence-electron chi connectivity index (χ2n) is 6.72. The van der Waals surface area contributed by atoms with Crippen molar-refractivity contribution in [2.45, 2.75) is 49.6 Å². The van der Waals surface area contributed by atoms with Gasteiger partial charge in [0.15, 0.2) is 11.0 Å². The van der Waals surface area contributed by atoms with Gasteiger partial charge in [0.1, 0.15) is 5.56 Å². The van der Waals surface area contributed by atoms with Crippen LogP contribution in [-0.4, -0.2) is 30.5 Å². The number of nitrogens with zero attached hydrogens (tertiary/aromatic N) is 4. The van der Waals surface area contributed by atoms with Gasteiger partial charge in [0.2, 0.25) is 5.91 Å². The number of fused-ring (bicyclic) bond motifs is 3. The largest absolute Gasteiger partial charge is 0.369 e. The van der Waals surface area contributed by atoms with Gasteiger partial charge in [-0.25, -0.2) is 4.98 Å². The van der Waals surface area contributed by atoms with Crippen molar-refractivity contribution in [3.8, 4) is 17.1 Å². The van der Waals surface area contributed by atoms with Gasteiger partial charge >= 0.3 is 0 Å². The zero-order valence-corrected chi connectivity index (χ0v) is 15.9. The molecule has 0 saturated carbocycles. The van der Waals surface area contributed by atoms with E-state index in [-0.39, 0.29) is 11.5 Å². The number of carbonyl (C=O) groups is 1. The number of carbonyl (C=O) groups excluding carboxylic acids is 1. The van der Waals surface area contributed by atoms with E-state index in [0.29, 0.717) is 22.2 Å². The first kappa shape index (κ1) is 17.8. The van der Waals surface area contributed by atoms with Gasteiger partial charge in [-0.1, -0.05) is 36.4 Å². The highest BCUT2D eigenvalue weighted by atomic mass is 32.2. The molecule has 1 aromatic rings. The van der Waals surface area contributed by atoms with E-state index in [0.717, 1.165) is 37.9 Å². The summed E-state index contributed by atoms with van der Waals surface area (Å²) in [6.45, 7) is 2.55. The lowest BCUT2D eigenvalue weighted by atomic mass is 10.1. The number of amides is 1. The molecule has 3 aliphatic rings. The second kappa shape index (κ2) is 7.19. The molecule has 0 bridgehead atoms. The maximum absolute atomic E-state index is 13.1. The minimum absolute atomic E-state index is 0.145. The van der Waals surface area contributed by atoms with E-state index >= 15 is 0 Å². The van der Waals surface area contributed by atoms with Crippen LogP contribution in [0, 0.1) is 0 Å². The summed E-state index contributed by atoms with van der Waals surface area (Å²) in [5.74, 6) is 0.0420. The summed E-state index contributed by atoms with van der Waals surface area (Å²) in [6.07, 6.45) is 3.93. The average molecular weight is 383 g/mol. The van der Waals surface area contributed by atoms with Crippen LogP contribution in [0.3, 0.4) is 0 Å². The zero-order chi connectivity index (χ0) is 19.0. The highest BCUT2D eigenvalue weighted by Crippen LogP contribution is 2.31. The lowest BCUT2D eigenvalue weighted by Crippen LogP contribution is -2.24. The number of aromatic nitrogens is 4. The monoisotopic (exact) mass is 383 g/mol. The molecule has 1 amide bonds. The molecule has 140 valence electrons. The van der Waals surface area contributed by atoms with Gasteiger partial charge in [-0.2, -0.15) is 4.68 Å². The number of primary amides is 1. The van der Waals surface area contributed by atoms with Crippen molar-refractivity contribution in [2.24, 2.45) is 5.73 Å². The number of hydrogen-bond acceptors (Lipinski definition) is 5. The van der Waals surface area contributed by atoms with Crippen molar-refractivity contribution in [3.05, 3.63) is 46.4 Å². The van der Waals surface area contributed by atoms with Crippen LogP contribution in [-0.2, 0) is 17.8 Å². The van der Waals surface area contributed by atoms with Gasteiger partial charge in [0.05, 0.1) is 10.9 Å². The third kappa shape index (κ3) is 3.25. The number of thioether (sulfide) groups is 1. The van der Waals surface area contributed by atoms with Crippen LogP contribution < -0.4 is 11.3 Å². The van der Waals surface area contributed by atoms with Crippen LogP contribution in [0.4, 0.5) is 0 Å². The normalized spacial score (nSPS) is 15.3. The maximum atomic E-state index is 13.1. The zero-order valence-electron chi connectivity index (χ0n) is 15.1. The standard InChI is InChI=1S/C19H21N5O2S/c1-12(16(20)25)27-19-21-17-15(14-10-6-3-7-11-23(14)19)18(26)24(22-17)13-8-4-2-5-9-13/h2,4-5,8-9,12H,3,6-7,10-11H2,1H3,(H2,20,25)/t12-/m0/s1. The summed E-state index contributed by atoms with van der Waals surface area (Å²) in [6, 6.07) is 9.35. The topological polar surface area (TPSA) is 95.8 Å². The first-order valence-electron chi connectivity index (χ1n) is 9.10. The number of para-hydroxylation sites is 1. The van der Waals surface area contributed by atoms with Crippen LogP contribution in [0.25, 0.3) is 17.1 Å². The summed E-state index contributed by atoms with van der Waals surface area (Å²) >= 11 is 1.33. The molecule has 2 N–H and O–H groups in total. The first-order chi connectivity index (χ1) is 13.1. The fourth-order valence-electron chi connectivity index (χ4n) is 3.40. The van der Waals surface area contributed by atoms with E-state index in [1.165, 1.54) is 16.4 Å². The SMILES string of the molecule is C[C@H](Sc1nc2nn(-c3ccccc3)c(=O)c-2c2n1CCCCC2)C(N)=O. The smallest absolute Gasteiger partial charge is 0.284 e. The number of nitrogens with two attached hydrogens (primary N) is 1. The van der Waals surface area contributed by atoms with E-state index in [9.17, 15) is 9.59 Å². The molecule has 0 saturated heterocycles. The van der Waals surface area contributed by atoms with Crippen LogP contribution in [0.2, 0.25) is 0 Å². The Labute approximate surface area is 160 Å². The highest BCUT2D eigenvalue weighted by molar-refractivity contribution is 8.00. The van der Waals surface area contributed by atoms with Crippen LogP contribution in [0.15, 0.2) is 40.3 Å². The van der Waals surface area contributed by atoms with Crippen molar-refractivity contribution >= 4 is 17.7 Å². The van der Waals surface area contributed by atoms with Gasteiger partial charge in [-0.05, 0) is 38.3 Å². The van der Waals surface area contributed by atoms with E-state index < -0.39 is 5.25 Å². The van der Waals surface area contributed by atoms with Crippen LogP contribution in [0.1, 0.15) is 31.9 Å². The van der Waals surface area contributed by atoms with Gasteiger partial charge in [0.25, 0.3) is 5.56 Å². The molecule has 0 aliphatic carbocycles. The Balaban J connectivity index is 1.93. The van der Waals surface area contributed by atoms with Crippen LogP contribution in [0.5, 0.6) is 0 Å². The molecule has 1 atom stereocenters. The number of hydrogen-bond donors (Lipinski definition) is 1. The quantitative estimate of drug-likeness (QED) is 0.550. The van der Waals surface area contributed by atoms with Gasteiger partial charge in [-0.3, -0.25) is 9.59 Å². The van der Waals surface area contributed by atoms with Crippen molar-refractivity contribution < 1.29 is 4.79 Å². The average Bonchev–Trinajstić information content (AvgIpc) is 2.84. The molecule has 1 aromatic carbocycles. The van der Waals surface area contributed by atoms with E-state index in [1.54, 1.807) is 6.92 Å². The molecular formula is C19H21N5O2S. The molecule has 0 spiro atoms. The van der Waals surface area contributed by atoms with Gasteiger partial charge in [0, 0.05) is 12.2 Å². The molecule has 4 rings (SSSR count). The van der Waals surface area contributed by atoms with Crippen molar-refractivity contribution in [1.82, 2.24) is 19.3 Å². The van der Waals surface area contributed by atoms with Gasteiger partial charge < -0.3 is 10.3 Å². The molecule has 3 aliphatic heterocycles. The van der Waals surface area contributed by atoms with Gasteiger partial charge in [-0.15, -0.1) is 5.10 Å². The molecule has 7 nitrogen and oxygen atoms in total. The molecule has 0 unspecified atom stereocenters. The Kier molecular flexibility index (Phi) is 4.73. The highest BCUT2D eigenvalue weighted by Gasteiger charge is 2.28. The van der Waals surface area contributed by atoms with Crippen molar-refractivity contribution in [2.75, 3.05) is 0 Å². The van der Waals surface area contributed by atoms with E-state index in [1.807, 2.05) is 30.3 Å². The summed E-state index contributed by atoms with van der Waals surface area (Å²) < 4.78 is 3.49. The molecule has 0 aromatic heterocycles. The lowest BCUT2D eigenvalue weighted by Gasteiger charge is -2.18. The molecule has 8 heteroatoms. The first-order valence-corrected chi connectivity index (χ1v) is 9.98. The summed E-state index contributed by atoms with van der Waals surface area (Å²) in [7, 11) is 0. The predicted molar refractivity (Wildman–Crippen MR) is 104 cm³/mol. The van der Waals surface area contributed by atoms with Crippen LogP contribution >= 0.6 is 11.8 Å². The summed E-state index contributed by atoms with van der Waals surface area (Å²) in [5.41, 5.74) is 7.55. The molecule has 0 fully saturated rings. The second-order valence-corrected chi connectivity index (χ2v) is 8.02. The Morgan fingerprint density at radius 3 is 2.74 bits per heavy atom. The fraction of sp³-hybridized carbons (Fsp3) is 0.368. The Hall–Kier alpha value is -2.61. The maximum Gasteiger partial charge on any atom is 0.284 e. The summed E-state index contributed by atoms with van der Waals surface area (Å²) in [4.78, 5) is 29.3. The summed E-state index contributed by atoms with van der Waals surface area (Å²) in [5, 5.41) is 4.78. The molecule has 3 heterocycles. The lowest BCUT2D eigenvalue weighted by molar-refractivity contribution is -0.117. The van der Waals surface area contributed by atoms with Crippen molar-refractivity contribution in [1.29, 1.82) is 0 Å². The predicted octanol–water partition coefficient (Wildman–Crippen LogP) is 2.23. The number of rotatable bonds is 4. The molecule has 0 radical (unpaired) electrons. The van der Waals surface area contributed by atoms with E-state index in [4.69, 9.17) is 5.73 Å². The fourth-order valence-corrected chi connectivity index (χ4v) is 4.30.